The molecule has 0 saturated heterocycles. The van der Waals surface area contributed by atoms with Crippen molar-refractivity contribution in [1.82, 2.24) is 5.32 Å². The minimum atomic E-state index is -0.160. The quantitative estimate of drug-likeness (QED) is 0.891. The number of rotatable bonds is 6. The van der Waals surface area contributed by atoms with E-state index in [0.29, 0.717) is 17.9 Å². The zero-order chi connectivity index (χ0) is 15.8. The molecule has 0 fully saturated rings. The van der Waals surface area contributed by atoms with Crippen molar-refractivity contribution in [3.63, 3.8) is 0 Å². The van der Waals surface area contributed by atoms with Gasteiger partial charge in [-0.15, -0.1) is 0 Å². The van der Waals surface area contributed by atoms with E-state index in [4.69, 9.17) is 10.00 Å². The van der Waals surface area contributed by atoms with Gasteiger partial charge in [-0.25, -0.2) is 0 Å². The van der Waals surface area contributed by atoms with Gasteiger partial charge in [0.25, 0.3) is 5.91 Å². The second-order valence-corrected chi connectivity index (χ2v) is 5.04. The molecule has 2 aromatic rings. The molecule has 0 heterocycles. The van der Waals surface area contributed by atoms with Crippen molar-refractivity contribution in [2.24, 2.45) is 0 Å². The number of hydrogen-bond donors (Lipinski definition) is 1. The van der Waals surface area contributed by atoms with Crippen molar-refractivity contribution in [3.05, 3.63) is 65.7 Å². The van der Waals surface area contributed by atoms with E-state index in [-0.39, 0.29) is 18.4 Å². The summed E-state index contributed by atoms with van der Waals surface area (Å²) in [6.45, 7) is 2.60. The lowest BCUT2D eigenvalue weighted by Gasteiger charge is -2.13. The lowest BCUT2D eigenvalue weighted by molar-refractivity contribution is -0.123. The molecule has 0 aromatic heterocycles. The number of amides is 1. The average Bonchev–Trinajstić information content (AvgIpc) is 2.59. The third kappa shape index (κ3) is 4.64. The van der Waals surface area contributed by atoms with Gasteiger partial charge in [-0.05, 0) is 35.7 Å². The Morgan fingerprint density at radius 2 is 1.86 bits per heavy atom. The van der Waals surface area contributed by atoms with Gasteiger partial charge < -0.3 is 10.1 Å². The average molecular weight is 294 g/mol. The van der Waals surface area contributed by atoms with Gasteiger partial charge in [0.1, 0.15) is 5.75 Å². The van der Waals surface area contributed by atoms with Crippen LogP contribution in [0.25, 0.3) is 0 Å². The van der Waals surface area contributed by atoms with Gasteiger partial charge in [-0.3, -0.25) is 4.79 Å². The highest BCUT2D eigenvalue weighted by atomic mass is 16.5. The monoisotopic (exact) mass is 294 g/mol. The summed E-state index contributed by atoms with van der Waals surface area (Å²) in [7, 11) is 0. The first-order valence-electron chi connectivity index (χ1n) is 7.13. The van der Waals surface area contributed by atoms with E-state index < -0.39 is 0 Å². The lowest BCUT2D eigenvalue weighted by Crippen LogP contribution is -2.31. The Hall–Kier alpha value is -2.80. The van der Waals surface area contributed by atoms with Crippen LogP contribution >= 0.6 is 0 Å². The number of nitriles is 1. The first kappa shape index (κ1) is 15.6. The summed E-state index contributed by atoms with van der Waals surface area (Å²) in [5.41, 5.74) is 1.75. The number of nitrogens with zero attached hydrogens (tertiary/aromatic N) is 1. The second kappa shape index (κ2) is 7.84. The van der Waals surface area contributed by atoms with Crippen LogP contribution in [0.1, 0.15) is 24.0 Å². The van der Waals surface area contributed by atoms with Crippen LogP contribution in [0.2, 0.25) is 0 Å². The Morgan fingerprint density at radius 3 is 2.50 bits per heavy atom. The number of ether oxygens (including phenoxy) is 1. The highest BCUT2D eigenvalue weighted by Gasteiger charge is 2.08. The van der Waals surface area contributed by atoms with Gasteiger partial charge in [0, 0.05) is 6.54 Å². The maximum absolute atomic E-state index is 11.8. The SMILES string of the molecule is C[C@@H](CNC(=O)COc1ccc(C#N)cc1)c1ccccc1. The molecule has 0 spiro atoms. The number of carbonyl (C=O) groups is 1. The molecule has 0 saturated carbocycles. The summed E-state index contributed by atoms with van der Waals surface area (Å²) in [6.07, 6.45) is 0. The summed E-state index contributed by atoms with van der Waals surface area (Å²) < 4.78 is 5.38. The van der Waals surface area contributed by atoms with E-state index in [2.05, 4.69) is 12.2 Å². The molecule has 1 amide bonds. The fraction of sp³-hybridized carbons (Fsp3) is 0.222. The van der Waals surface area contributed by atoms with Crippen molar-refractivity contribution in [1.29, 1.82) is 5.26 Å². The van der Waals surface area contributed by atoms with Gasteiger partial charge in [0.05, 0.1) is 11.6 Å². The van der Waals surface area contributed by atoms with E-state index in [1.54, 1.807) is 24.3 Å². The molecule has 0 radical (unpaired) electrons. The van der Waals surface area contributed by atoms with Crippen LogP contribution in [0.5, 0.6) is 5.75 Å². The molecule has 1 atom stereocenters. The molecule has 0 unspecified atom stereocenters. The van der Waals surface area contributed by atoms with Crippen LogP contribution in [0, 0.1) is 11.3 Å². The third-order valence-electron chi connectivity index (χ3n) is 3.33. The van der Waals surface area contributed by atoms with Crippen LogP contribution in [0.4, 0.5) is 0 Å². The first-order valence-corrected chi connectivity index (χ1v) is 7.13. The molecular formula is C18H18N2O2. The van der Waals surface area contributed by atoms with E-state index in [1.165, 1.54) is 5.56 Å². The van der Waals surface area contributed by atoms with E-state index >= 15 is 0 Å². The predicted molar refractivity (Wildman–Crippen MR) is 84.5 cm³/mol. The zero-order valence-corrected chi connectivity index (χ0v) is 12.5. The van der Waals surface area contributed by atoms with Gasteiger partial charge in [-0.1, -0.05) is 37.3 Å². The summed E-state index contributed by atoms with van der Waals surface area (Å²) in [5.74, 6) is 0.664. The van der Waals surface area contributed by atoms with Crippen LogP contribution in [0.15, 0.2) is 54.6 Å². The summed E-state index contributed by atoms with van der Waals surface area (Å²) in [6, 6.07) is 18.7. The van der Waals surface area contributed by atoms with Crippen molar-refractivity contribution in [3.8, 4) is 11.8 Å². The Balaban J connectivity index is 1.75. The van der Waals surface area contributed by atoms with Crippen molar-refractivity contribution in [2.45, 2.75) is 12.8 Å². The Labute approximate surface area is 130 Å². The Kier molecular flexibility index (Phi) is 5.56. The second-order valence-electron chi connectivity index (χ2n) is 5.04. The minimum Gasteiger partial charge on any atom is -0.484 e. The van der Waals surface area contributed by atoms with E-state index in [0.717, 1.165) is 0 Å². The van der Waals surface area contributed by atoms with E-state index in [9.17, 15) is 4.79 Å². The predicted octanol–water partition coefficient (Wildman–Crippen LogP) is 2.86. The van der Waals surface area contributed by atoms with Gasteiger partial charge in [0.2, 0.25) is 0 Å². The molecule has 112 valence electrons. The zero-order valence-electron chi connectivity index (χ0n) is 12.5. The largest absolute Gasteiger partial charge is 0.484 e. The molecule has 2 aromatic carbocycles. The molecule has 1 N–H and O–H groups in total. The van der Waals surface area contributed by atoms with Crippen molar-refractivity contribution < 1.29 is 9.53 Å². The van der Waals surface area contributed by atoms with Crippen LogP contribution in [-0.4, -0.2) is 19.1 Å². The first-order chi connectivity index (χ1) is 10.7. The minimum absolute atomic E-state index is 0.0343. The van der Waals surface area contributed by atoms with Crippen LogP contribution in [-0.2, 0) is 4.79 Å². The van der Waals surface area contributed by atoms with E-state index in [1.807, 2.05) is 36.4 Å². The molecule has 2 rings (SSSR count). The third-order valence-corrected chi connectivity index (χ3v) is 3.33. The molecule has 22 heavy (non-hydrogen) atoms. The van der Waals surface area contributed by atoms with Crippen LogP contribution < -0.4 is 10.1 Å². The normalized spacial score (nSPS) is 11.3. The van der Waals surface area contributed by atoms with Crippen molar-refractivity contribution >= 4 is 5.91 Å². The molecule has 0 aliphatic rings. The Morgan fingerprint density at radius 1 is 1.18 bits per heavy atom. The standard InChI is InChI=1S/C18H18N2O2/c1-14(16-5-3-2-4-6-16)12-20-18(21)13-22-17-9-7-15(11-19)8-10-17/h2-10,14H,12-13H2,1H3,(H,20,21)/t14-/m0/s1. The maximum Gasteiger partial charge on any atom is 0.257 e. The number of benzene rings is 2. The number of nitrogens with one attached hydrogen (secondary N) is 1. The topological polar surface area (TPSA) is 62.1 Å². The lowest BCUT2D eigenvalue weighted by atomic mass is 10.0. The van der Waals surface area contributed by atoms with Crippen LogP contribution in [0.3, 0.4) is 0 Å². The fourth-order valence-electron chi connectivity index (χ4n) is 1.99. The van der Waals surface area contributed by atoms with Gasteiger partial charge in [-0.2, -0.15) is 5.26 Å². The molecule has 0 bridgehead atoms. The summed E-state index contributed by atoms with van der Waals surface area (Å²) in [4.78, 5) is 11.8. The number of carbonyl (C=O) groups excluding carboxylic acids is 1. The summed E-state index contributed by atoms with van der Waals surface area (Å²) >= 11 is 0. The van der Waals surface area contributed by atoms with Crippen molar-refractivity contribution in [2.75, 3.05) is 13.2 Å². The molecule has 0 aliphatic carbocycles. The van der Waals surface area contributed by atoms with Gasteiger partial charge >= 0.3 is 0 Å². The highest BCUT2D eigenvalue weighted by Crippen LogP contribution is 2.13. The highest BCUT2D eigenvalue weighted by molar-refractivity contribution is 5.77. The number of hydrogen-bond acceptors (Lipinski definition) is 3. The molecule has 0 aliphatic heterocycles. The smallest absolute Gasteiger partial charge is 0.257 e. The molecule has 4 heteroatoms. The molecule has 4 nitrogen and oxygen atoms in total. The fourth-order valence-corrected chi connectivity index (χ4v) is 1.99. The van der Waals surface area contributed by atoms with Gasteiger partial charge in [0.15, 0.2) is 6.61 Å². The Bertz CT molecular complexity index is 645. The maximum atomic E-state index is 11.8. The molecular weight excluding hydrogens is 276 g/mol. The summed E-state index contributed by atoms with van der Waals surface area (Å²) in [5, 5.41) is 11.6.